The molecule has 1 atom stereocenters. The van der Waals surface area contributed by atoms with Crippen LogP contribution in [0, 0.1) is 13.8 Å². The molecule has 0 radical (unpaired) electrons. The van der Waals surface area contributed by atoms with Gasteiger partial charge in [0, 0.05) is 6.54 Å². The lowest BCUT2D eigenvalue weighted by molar-refractivity contribution is 0.0997. The summed E-state index contributed by atoms with van der Waals surface area (Å²) in [4.78, 5) is 2.19. The Kier molecular flexibility index (Phi) is 4.15. The van der Waals surface area contributed by atoms with Crippen molar-refractivity contribution in [2.24, 2.45) is 0 Å². The van der Waals surface area contributed by atoms with E-state index in [0.29, 0.717) is 18.3 Å². The third kappa shape index (κ3) is 2.99. The van der Waals surface area contributed by atoms with Gasteiger partial charge in [0.2, 0.25) is 5.89 Å². The van der Waals surface area contributed by atoms with Gasteiger partial charge in [0.1, 0.15) is 11.5 Å². The summed E-state index contributed by atoms with van der Waals surface area (Å²) in [6.07, 6.45) is 0.952. The van der Waals surface area contributed by atoms with Crippen molar-refractivity contribution in [2.45, 2.75) is 32.9 Å². The average molecular weight is 339 g/mol. The molecular weight excluding hydrogens is 318 g/mol. The van der Waals surface area contributed by atoms with E-state index in [0.717, 1.165) is 30.0 Å². The molecule has 130 valence electrons. The van der Waals surface area contributed by atoms with Gasteiger partial charge in [0.25, 0.3) is 5.89 Å². The van der Waals surface area contributed by atoms with Crippen molar-refractivity contribution in [3.8, 4) is 11.5 Å². The lowest BCUT2D eigenvalue weighted by Gasteiger charge is -2.35. The number of furan rings is 1. The number of hydrogen-bond acceptors (Lipinski definition) is 6. The molecule has 1 aliphatic rings. The number of benzene rings is 1. The SMILES string of the molecule is Cc1cc(-c2nnc(CN3CCc4ccccc4C3CO)o2)c(C)o1. The molecular formula is C19H21N3O3. The van der Waals surface area contributed by atoms with Gasteiger partial charge < -0.3 is 13.9 Å². The Hall–Kier alpha value is -2.44. The number of aromatic nitrogens is 2. The fraction of sp³-hybridized carbons (Fsp3) is 0.368. The van der Waals surface area contributed by atoms with E-state index in [1.165, 1.54) is 11.1 Å². The second-order valence-electron chi connectivity index (χ2n) is 6.45. The first-order valence-corrected chi connectivity index (χ1v) is 8.48. The monoisotopic (exact) mass is 339 g/mol. The van der Waals surface area contributed by atoms with E-state index in [1.807, 2.05) is 32.0 Å². The molecule has 6 heteroatoms. The number of aryl methyl sites for hydroxylation is 2. The number of fused-ring (bicyclic) bond motifs is 1. The molecule has 0 aliphatic carbocycles. The Morgan fingerprint density at radius 1 is 1.20 bits per heavy atom. The highest BCUT2D eigenvalue weighted by Gasteiger charge is 2.28. The maximum atomic E-state index is 9.89. The van der Waals surface area contributed by atoms with E-state index in [-0.39, 0.29) is 12.6 Å². The predicted octanol–water partition coefficient (Wildman–Crippen LogP) is 3.04. The van der Waals surface area contributed by atoms with Crippen LogP contribution in [0.3, 0.4) is 0 Å². The molecule has 0 saturated carbocycles. The number of aliphatic hydroxyl groups excluding tert-OH is 1. The zero-order chi connectivity index (χ0) is 17.4. The predicted molar refractivity (Wildman–Crippen MR) is 91.9 cm³/mol. The molecule has 1 aromatic carbocycles. The van der Waals surface area contributed by atoms with Gasteiger partial charge in [-0.2, -0.15) is 0 Å². The lowest BCUT2D eigenvalue weighted by Crippen LogP contribution is -2.36. The molecule has 1 aliphatic heterocycles. The highest BCUT2D eigenvalue weighted by Crippen LogP contribution is 2.31. The summed E-state index contributed by atoms with van der Waals surface area (Å²) in [7, 11) is 0. The van der Waals surface area contributed by atoms with Crippen LogP contribution in [0.4, 0.5) is 0 Å². The summed E-state index contributed by atoms with van der Waals surface area (Å²) in [5.74, 6) is 2.61. The molecule has 1 N–H and O–H groups in total. The van der Waals surface area contributed by atoms with Crippen LogP contribution in [0.15, 0.2) is 39.2 Å². The minimum absolute atomic E-state index is 0.0433. The molecule has 25 heavy (non-hydrogen) atoms. The maximum absolute atomic E-state index is 9.89. The number of rotatable bonds is 4. The minimum Gasteiger partial charge on any atom is -0.466 e. The smallest absolute Gasteiger partial charge is 0.251 e. The minimum atomic E-state index is -0.0433. The third-order valence-electron chi connectivity index (χ3n) is 4.77. The van der Waals surface area contributed by atoms with Crippen LogP contribution >= 0.6 is 0 Å². The van der Waals surface area contributed by atoms with Crippen molar-refractivity contribution >= 4 is 0 Å². The Balaban J connectivity index is 1.56. The van der Waals surface area contributed by atoms with Gasteiger partial charge in [-0.3, -0.25) is 4.90 Å². The molecule has 0 saturated heterocycles. The fourth-order valence-corrected chi connectivity index (χ4v) is 3.55. The van der Waals surface area contributed by atoms with Gasteiger partial charge in [0.05, 0.1) is 24.8 Å². The summed E-state index contributed by atoms with van der Waals surface area (Å²) in [6.45, 7) is 5.21. The van der Waals surface area contributed by atoms with Gasteiger partial charge in [-0.15, -0.1) is 10.2 Å². The Bertz CT molecular complexity index is 884. The summed E-state index contributed by atoms with van der Waals surface area (Å²) in [5.41, 5.74) is 3.31. The third-order valence-corrected chi connectivity index (χ3v) is 4.77. The van der Waals surface area contributed by atoms with Gasteiger partial charge in [-0.05, 0) is 37.5 Å². The first-order valence-electron chi connectivity index (χ1n) is 8.48. The van der Waals surface area contributed by atoms with Crippen LogP contribution in [-0.2, 0) is 13.0 Å². The number of hydrogen-bond donors (Lipinski definition) is 1. The van der Waals surface area contributed by atoms with Crippen molar-refractivity contribution in [1.29, 1.82) is 0 Å². The summed E-state index contributed by atoms with van der Waals surface area (Å²) >= 11 is 0. The average Bonchev–Trinajstić information content (AvgIpc) is 3.20. The van der Waals surface area contributed by atoms with Crippen molar-refractivity contribution < 1.29 is 13.9 Å². The molecule has 0 spiro atoms. The van der Waals surface area contributed by atoms with Gasteiger partial charge >= 0.3 is 0 Å². The molecule has 1 unspecified atom stereocenters. The Labute approximate surface area is 146 Å². The first kappa shape index (κ1) is 16.1. The molecule has 4 rings (SSSR count). The number of aliphatic hydroxyl groups is 1. The van der Waals surface area contributed by atoms with Crippen molar-refractivity contribution in [3.05, 3.63) is 58.9 Å². The summed E-state index contributed by atoms with van der Waals surface area (Å²) in [5, 5.41) is 18.2. The van der Waals surface area contributed by atoms with Crippen molar-refractivity contribution in [2.75, 3.05) is 13.2 Å². The second kappa shape index (κ2) is 6.46. The quantitative estimate of drug-likeness (QED) is 0.787. The standard InChI is InChI=1S/C19H21N3O3/c1-12-9-16(13(2)24-12)19-21-20-18(25-19)10-22-8-7-14-5-3-4-6-15(14)17(22)11-23/h3-6,9,17,23H,7-8,10-11H2,1-2H3. The highest BCUT2D eigenvalue weighted by atomic mass is 16.4. The molecule has 0 fully saturated rings. The van der Waals surface area contributed by atoms with E-state index in [9.17, 15) is 5.11 Å². The summed E-state index contributed by atoms with van der Waals surface area (Å²) in [6, 6.07) is 10.1. The van der Waals surface area contributed by atoms with Gasteiger partial charge in [-0.1, -0.05) is 24.3 Å². The molecule has 0 amide bonds. The Morgan fingerprint density at radius 3 is 2.80 bits per heavy atom. The van der Waals surface area contributed by atoms with E-state index in [4.69, 9.17) is 8.83 Å². The van der Waals surface area contributed by atoms with Crippen LogP contribution in [0.2, 0.25) is 0 Å². The largest absolute Gasteiger partial charge is 0.466 e. The summed E-state index contributed by atoms with van der Waals surface area (Å²) < 4.78 is 11.4. The van der Waals surface area contributed by atoms with E-state index in [1.54, 1.807) is 0 Å². The van der Waals surface area contributed by atoms with Crippen molar-refractivity contribution in [1.82, 2.24) is 15.1 Å². The van der Waals surface area contributed by atoms with E-state index < -0.39 is 0 Å². The fourth-order valence-electron chi connectivity index (χ4n) is 3.55. The Morgan fingerprint density at radius 2 is 2.04 bits per heavy atom. The van der Waals surface area contributed by atoms with Crippen LogP contribution in [0.1, 0.15) is 34.6 Å². The van der Waals surface area contributed by atoms with Crippen LogP contribution in [0.25, 0.3) is 11.5 Å². The lowest BCUT2D eigenvalue weighted by atomic mass is 9.93. The zero-order valence-electron chi connectivity index (χ0n) is 14.4. The maximum Gasteiger partial charge on any atom is 0.251 e. The molecule has 6 nitrogen and oxygen atoms in total. The van der Waals surface area contributed by atoms with Crippen molar-refractivity contribution in [3.63, 3.8) is 0 Å². The molecule has 3 heterocycles. The zero-order valence-corrected chi connectivity index (χ0v) is 14.4. The van der Waals surface area contributed by atoms with Gasteiger partial charge in [-0.25, -0.2) is 0 Å². The van der Waals surface area contributed by atoms with Crippen LogP contribution in [-0.4, -0.2) is 33.4 Å². The normalized spacial score (nSPS) is 17.6. The van der Waals surface area contributed by atoms with Crippen LogP contribution in [0.5, 0.6) is 0 Å². The molecule has 0 bridgehead atoms. The van der Waals surface area contributed by atoms with Gasteiger partial charge in [0.15, 0.2) is 0 Å². The molecule has 2 aromatic heterocycles. The topological polar surface area (TPSA) is 75.5 Å². The first-order chi connectivity index (χ1) is 12.2. The highest BCUT2D eigenvalue weighted by molar-refractivity contribution is 5.55. The van der Waals surface area contributed by atoms with Crippen LogP contribution < -0.4 is 0 Å². The molecule has 3 aromatic rings. The number of nitrogens with zero attached hydrogens (tertiary/aromatic N) is 3. The van der Waals surface area contributed by atoms with E-state index >= 15 is 0 Å². The second-order valence-corrected chi connectivity index (χ2v) is 6.45. The van der Waals surface area contributed by atoms with E-state index in [2.05, 4.69) is 27.2 Å².